The van der Waals surface area contributed by atoms with Crippen LogP contribution in [0.1, 0.15) is 5.56 Å². The van der Waals surface area contributed by atoms with Crippen molar-refractivity contribution in [3.05, 3.63) is 32.5 Å². The van der Waals surface area contributed by atoms with Crippen LogP contribution in [0.2, 0.25) is 0 Å². The van der Waals surface area contributed by atoms with Gasteiger partial charge in [0.05, 0.1) is 18.5 Å². The highest BCUT2D eigenvalue weighted by Crippen LogP contribution is 2.26. The van der Waals surface area contributed by atoms with Crippen LogP contribution in [0.4, 0.5) is 5.69 Å². The van der Waals surface area contributed by atoms with Crippen LogP contribution in [0.25, 0.3) is 0 Å². The van der Waals surface area contributed by atoms with Crippen molar-refractivity contribution in [1.82, 2.24) is 4.98 Å². The van der Waals surface area contributed by atoms with E-state index < -0.39 is 10.9 Å². The third-order valence-electron chi connectivity index (χ3n) is 1.71. The molecule has 0 aliphatic carbocycles. The van der Waals surface area contributed by atoms with Gasteiger partial charge in [-0.2, -0.15) is 0 Å². The predicted molar refractivity (Wildman–Crippen MR) is 54.3 cm³/mol. The van der Waals surface area contributed by atoms with Gasteiger partial charge >= 0.3 is 11.7 Å². The first-order valence-electron chi connectivity index (χ1n) is 3.91. The Balaban J connectivity index is 3.11. The fourth-order valence-electron chi connectivity index (χ4n) is 1.03. The van der Waals surface area contributed by atoms with Crippen LogP contribution >= 0.6 is 15.9 Å². The summed E-state index contributed by atoms with van der Waals surface area (Å²) in [6, 6.07) is 1.42. The molecule has 0 spiro atoms. The van der Waals surface area contributed by atoms with E-state index in [1.54, 1.807) is 0 Å². The number of rotatable bonds is 3. The zero-order chi connectivity index (χ0) is 11.4. The number of hydrogen-bond donors (Lipinski definition) is 0. The van der Waals surface area contributed by atoms with Crippen molar-refractivity contribution in [2.45, 2.75) is 6.42 Å². The molecule has 0 fully saturated rings. The average molecular weight is 275 g/mol. The van der Waals surface area contributed by atoms with Crippen molar-refractivity contribution >= 4 is 27.6 Å². The Morgan fingerprint density at radius 2 is 2.40 bits per heavy atom. The van der Waals surface area contributed by atoms with E-state index in [-0.39, 0.29) is 22.3 Å². The summed E-state index contributed by atoms with van der Waals surface area (Å²) in [5.41, 5.74) is 0.0663. The molecule has 1 aromatic heterocycles. The Morgan fingerprint density at radius 3 is 2.93 bits per heavy atom. The maximum Gasteiger partial charge on any atom is 0.310 e. The third kappa shape index (κ3) is 2.72. The molecular weight excluding hydrogens is 268 g/mol. The molecule has 0 aliphatic rings. The van der Waals surface area contributed by atoms with Crippen LogP contribution in [0.5, 0.6) is 0 Å². The molecule has 80 valence electrons. The Labute approximate surface area is 93.5 Å². The summed E-state index contributed by atoms with van der Waals surface area (Å²) in [6.45, 7) is 0. The standard InChI is InChI=1S/C8H7BrN2O4/c1-15-6(12)4-5-2-3-10-8(9)7(5)11(13)14/h2-3H,4H2,1H3. The molecule has 0 unspecified atom stereocenters. The molecule has 0 N–H and O–H groups in total. The van der Waals surface area contributed by atoms with E-state index in [9.17, 15) is 14.9 Å². The summed E-state index contributed by atoms with van der Waals surface area (Å²) in [4.78, 5) is 24.8. The molecule has 6 nitrogen and oxygen atoms in total. The van der Waals surface area contributed by atoms with Crippen LogP contribution in [-0.4, -0.2) is 23.0 Å². The fourth-order valence-corrected chi connectivity index (χ4v) is 1.55. The lowest BCUT2D eigenvalue weighted by atomic mass is 10.1. The first-order chi connectivity index (χ1) is 7.06. The largest absolute Gasteiger partial charge is 0.469 e. The van der Waals surface area contributed by atoms with Gasteiger partial charge in [-0.05, 0) is 22.0 Å². The SMILES string of the molecule is COC(=O)Cc1ccnc(Br)c1[N+](=O)[O-]. The topological polar surface area (TPSA) is 82.3 Å². The first kappa shape index (κ1) is 11.6. The number of halogens is 1. The van der Waals surface area contributed by atoms with Gasteiger partial charge in [0.15, 0.2) is 4.60 Å². The number of aromatic nitrogens is 1. The van der Waals surface area contributed by atoms with E-state index >= 15 is 0 Å². The maximum atomic E-state index is 11.0. The van der Waals surface area contributed by atoms with Gasteiger partial charge in [0.2, 0.25) is 0 Å². The second kappa shape index (κ2) is 4.83. The van der Waals surface area contributed by atoms with Crippen LogP contribution < -0.4 is 0 Å². The minimum Gasteiger partial charge on any atom is -0.469 e. The summed E-state index contributed by atoms with van der Waals surface area (Å²) < 4.78 is 4.54. The van der Waals surface area contributed by atoms with E-state index in [4.69, 9.17) is 0 Å². The molecule has 0 aliphatic heterocycles. The molecule has 0 saturated heterocycles. The van der Waals surface area contributed by atoms with Gasteiger partial charge in [-0.15, -0.1) is 0 Å². The zero-order valence-corrected chi connectivity index (χ0v) is 9.35. The molecule has 0 saturated carbocycles. The first-order valence-corrected chi connectivity index (χ1v) is 4.70. The number of carbonyl (C=O) groups is 1. The van der Waals surface area contributed by atoms with Gasteiger partial charge in [-0.1, -0.05) is 0 Å². The molecule has 1 rings (SSSR count). The van der Waals surface area contributed by atoms with Gasteiger partial charge in [0, 0.05) is 11.8 Å². The number of nitro groups is 1. The Hall–Kier alpha value is -1.50. The summed E-state index contributed by atoms with van der Waals surface area (Å²) >= 11 is 2.95. The highest BCUT2D eigenvalue weighted by atomic mass is 79.9. The number of carbonyl (C=O) groups excluding carboxylic acids is 1. The van der Waals surface area contributed by atoms with E-state index in [0.29, 0.717) is 0 Å². The lowest BCUT2D eigenvalue weighted by Gasteiger charge is -2.02. The number of pyridine rings is 1. The Morgan fingerprint density at radius 1 is 1.73 bits per heavy atom. The smallest absolute Gasteiger partial charge is 0.310 e. The molecule has 0 aromatic carbocycles. The number of methoxy groups -OCH3 is 1. The van der Waals surface area contributed by atoms with Gasteiger partial charge in [-0.3, -0.25) is 14.9 Å². The van der Waals surface area contributed by atoms with Crippen LogP contribution in [-0.2, 0) is 16.0 Å². The van der Waals surface area contributed by atoms with Crippen LogP contribution in [0, 0.1) is 10.1 Å². The minimum atomic E-state index is -0.588. The summed E-state index contributed by atoms with van der Waals surface area (Å²) in [5, 5.41) is 10.7. The Bertz CT molecular complexity index is 408. The van der Waals surface area contributed by atoms with Crippen molar-refractivity contribution in [1.29, 1.82) is 0 Å². The second-order valence-corrected chi connectivity index (χ2v) is 3.37. The quantitative estimate of drug-likeness (QED) is 0.361. The second-order valence-electron chi connectivity index (χ2n) is 2.62. The van der Waals surface area contributed by atoms with E-state index in [1.165, 1.54) is 19.4 Å². The summed E-state index contributed by atoms with van der Waals surface area (Å²) in [6.07, 6.45) is 1.24. The van der Waals surface area contributed by atoms with Crippen LogP contribution in [0.3, 0.4) is 0 Å². The van der Waals surface area contributed by atoms with Gasteiger partial charge < -0.3 is 4.74 Å². The molecule has 7 heteroatoms. The molecule has 0 bridgehead atoms. The number of nitrogens with zero attached hydrogens (tertiary/aromatic N) is 2. The average Bonchev–Trinajstić information content (AvgIpc) is 2.17. The van der Waals surface area contributed by atoms with Crippen molar-refractivity contribution < 1.29 is 14.5 Å². The molecule has 1 heterocycles. The summed E-state index contributed by atoms with van der Waals surface area (Å²) in [7, 11) is 1.23. The van der Waals surface area contributed by atoms with E-state index in [2.05, 4.69) is 25.7 Å². The van der Waals surface area contributed by atoms with E-state index in [1.807, 2.05) is 0 Å². The number of ether oxygens (including phenoxy) is 1. The van der Waals surface area contributed by atoms with Gasteiger partial charge in [0.25, 0.3) is 0 Å². The lowest BCUT2D eigenvalue weighted by molar-refractivity contribution is -0.386. The molecule has 0 amide bonds. The van der Waals surface area contributed by atoms with E-state index in [0.717, 1.165) is 0 Å². The normalized spacial score (nSPS) is 9.73. The minimum absolute atomic E-state index is 0.105. The highest BCUT2D eigenvalue weighted by molar-refractivity contribution is 9.10. The lowest BCUT2D eigenvalue weighted by Crippen LogP contribution is -2.07. The molecule has 0 radical (unpaired) electrons. The number of hydrogen-bond acceptors (Lipinski definition) is 5. The van der Waals surface area contributed by atoms with Crippen LogP contribution in [0.15, 0.2) is 16.9 Å². The molecule has 1 aromatic rings. The molecular formula is C8H7BrN2O4. The van der Waals surface area contributed by atoms with Crippen molar-refractivity contribution in [3.63, 3.8) is 0 Å². The van der Waals surface area contributed by atoms with Crippen molar-refractivity contribution in [3.8, 4) is 0 Å². The fraction of sp³-hybridized carbons (Fsp3) is 0.250. The zero-order valence-electron chi connectivity index (χ0n) is 7.77. The Kier molecular flexibility index (Phi) is 3.73. The van der Waals surface area contributed by atoms with Gasteiger partial charge in [-0.25, -0.2) is 4.98 Å². The highest BCUT2D eigenvalue weighted by Gasteiger charge is 2.21. The van der Waals surface area contributed by atoms with Crippen molar-refractivity contribution in [2.24, 2.45) is 0 Å². The third-order valence-corrected chi connectivity index (χ3v) is 2.29. The predicted octanol–water partition coefficient (Wildman–Crippen LogP) is 1.47. The number of esters is 1. The molecule has 0 atom stereocenters. The maximum absolute atomic E-state index is 11.0. The van der Waals surface area contributed by atoms with Crippen molar-refractivity contribution in [2.75, 3.05) is 7.11 Å². The summed E-state index contributed by atoms with van der Waals surface area (Å²) in [5.74, 6) is -0.531. The van der Waals surface area contributed by atoms with Gasteiger partial charge in [0.1, 0.15) is 0 Å². The monoisotopic (exact) mass is 274 g/mol. The molecule has 15 heavy (non-hydrogen) atoms.